The Labute approximate surface area is 152 Å². The molecule has 0 bridgehead atoms. The molecule has 26 heavy (non-hydrogen) atoms. The lowest BCUT2D eigenvalue weighted by molar-refractivity contribution is -0.128. The van der Waals surface area contributed by atoms with Crippen molar-refractivity contribution >= 4 is 11.8 Å². The molecule has 5 heteroatoms. The van der Waals surface area contributed by atoms with E-state index in [9.17, 15) is 14.0 Å². The lowest BCUT2D eigenvalue weighted by Crippen LogP contribution is -2.32. The second kappa shape index (κ2) is 6.90. The Morgan fingerprint density at radius 2 is 1.77 bits per heavy atom. The van der Waals surface area contributed by atoms with E-state index in [2.05, 4.69) is 5.32 Å². The van der Waals surface area contributed by atoms with Crippen molar-refractivity contribution in [2.45, 2.75) is 25.3 Å². The summed E-state index contributed by atoms with van der Waals surface area (Å²) in [6.45, 7) is 1.18. The van der Waals surface area contributed by atoms with Gasteiger partial charge in [0.1, 0.15) is 5.82 Å². The SMILES string of the molecule is O=C(NC[C@@H]1CC(=O)N(C2CC2)C1)c1ccccc1-c1ccccc1F. The van der Waals surface area contributed by atoms with Gasteiger partial charge in [-0.1, -0.05) is 36.4 Å². The first-order valence-corrected chi connectivity index (χ1v) is 9.05. The van der Waals surface area contributed by atoms with Crippen molar-refractivity contribution in [3.63, 3.8) is 0 Å². The molecule has 134 valence electrons. The van der Waals surface area contributed by atoms with E-state index in [1.165, 1.54) is 6.07 Å². The zero-order chi connectivity index (χ0) is 18.1. The quantitative estimate of drug-likeness (QED) is 0.898. The van der Waals surface area contributed by atoms with Crippen LogP contribution in [0.25, 0.3) is 11.1 Å². The Balaban J connectivity index is 1.46. The van der Waals surface area contributed by atoms with Crippen LogP contribution >= 0.6 is 0 Å². The molecule has 0 aromatic heterocycles. The van der Waals surface area contributed by atoms with Gasteiger partial charge in [0.05, 0.1) is 0 Å². The maximum atomic E-state index is 14.1. The highest BCUT2D eigenvalue weighted by Crippen LogP contribution is 2.32. The molecule has 4 nitrogen and oxygen atoms in total. The Kier molecular flexibility index (Phi) is 4.45. The van der Waals surface area contributed by atoms with Crippen LogP contribution in [0.4, 0.5) is 4.39 Å². The Morgan fingerprint density at radius 3 is 2.50 bits per heavy atom. The molecular formula is C21H21FN2O2. The first kappa shape index (κ1) is 16.8. The Bertz CT molecular complexity index is 847. The number of likely N-dealkylation sites (tertiary alicyclic amines) is 1. The number of hydrogen-bond acceptors (Lipinski definition) is 2. The van der Waals surface area contributed by atoms with E-state index >= 15 is 0 Å². The topological polar surface area (TPSA) is 49.4 Å². The summed E-state index contributed by atoms with van der Waals surface area (Å²) in [5, 5.41) is 2.93. The number of carbonyl (C=O) groups is 2. The van der Waals surface area contributed by atoms with Crippen molar-refractivity contribution in [1.29, 1.82) is 0 Å². The summed E-state index contributed by atoms with van der Waals surface area (Å²) in [6, 6.07) is 13.9. The minimum Gasteiger partial charge on any atom is -0.352 e. The number of carbonyl (C=O) groups excluding carboxylic acids is 2. The summed E-state index contributed by atoms with van der Waals surface area (Å²) in [5.74, 6) is -0.249. The van der Waals surface area contributed by atoms with Gasteiger partial charge in [0, 0.05) is 42.6 Å². The van der Waals surface area contributed by atoms with Crippen LogP contribution < -0.4 is 5.32 Å². The van der Waals surface area contributed by atoms with E-state index in [-0.39, 0.29) is 23.5 Å². The smallest absolute Gasteiger partial charge is 0.251 e. The lowest BCUT2D eigenvalue weighted by Gasteiger charge is -2.16. The van der Waals surface area contributed by atoms with E-state index in [1.54, 1.807) is 42.5 Å². The van der Waals surface area contributed by atoms with Crippen molar-refractivity contribution in [2.75, 3.05) is 13.1 Å². The van der Waals surface area contributed by atoms with E-state index < -0.39 is 0 Å². The normalized spacial score (nSPS) is 19.7. The lowest BCUT2D eigenvalue weighted by atomic mass is 9.98. The number of nitrogens with one attached hydrogen (secondary N) is 1. The number of benzene rings is 2. The zero-order valence-corrected chi connectivity index (χ0v) is 14.5. The number of rotatable bonds is 5. The second-order valence-electron chi connectivity index (χ2n) is 7.08. The average molecular weight is 352 g/mol. The summed E-state index contributed by atoms with van der Waals surface area (Å²) in [6.07, 6.45) is 2.69. The monoisotopic (exact) mass is 352 g/mol. The van der Waals surface area contributed by atoms with Crippen molar-refractivity contribution in [2.24, 2.45) is 5.92 Å². The van der Waals surface area contributed by atoms with Gasteiger partial charge in [-0.25, -0.2) is 4.39 Å². The standard InChI is InChI=1S/C21H21FN2O2/c22-19-8-4-3-6-17(19)16-5-1-2-7-18(16)21(26)23-12-14-11-20(25)24(13-14)15-9-10-15/h1-8,14-15H,9-13H2,(H,23,26)/t14-/m0/s1. The maximum absolute atomic E-state index is 14.1. The van der Waals surface area contributed by atoms with Crippen LogP contribution in [0.1, 0.15) is 29.6 Å². The first-order valence-electron chi connectivity index (χ1n) is 9.05. The molecule has 1 heterocycles. The summed E-state index contributed by atoms with van der Waals surface area (Å²) >= 11 is 0. The fourth-order valence-electron chi connectivity index (χ4n) is 3.61. The molecule has 1 aliphatic carbocycles. The molecule has 4 rings (SSSR count). The van der Waals surface area contributed by atoms with Gasteiger partial charge >= 0.3 is 0 Å². The molecule has 0 spiro atoms. The molecule has 1 N–H and O–H groups in total. The van der Waals surface area contributed by atoms with E-state index in [4.69, 9.17) is 0 Å². The Hall–Kier alpha value is -2.69. The van der Waals surface area contributed by atoms with E-state index in [1.807, 2.05) is 4.90 Å². The minimum atomic E-state index is -0.353. The van der Waals surface area contributed by atoms with Gasteiger partial charge < -0.3 is 10.2 Å². The highest BCUT2D eigenvalue weighted by molar-refractivity contribution is 6.01. The van der Waals surface area contributed by atoms with Gasteiger partial charge in [-0.15, -0.1) is 0 Å². The summed E-state index contributed by atoms with van der Waals surface area (Å²) in [5.41, 5.74) is 1.43. The molecule has 2 aromatic rings. The highest BCUT2D eigenvalue weighted by atomic mass is 19.1. The van der Waals surface area contributed by atoms with Gasteiger partial charge in [0.15, 0.2) is 0 Å². The summed E-state index contributed by atoms with van der Waals surface area (Å²) in [4.78, 5) is 26.7. The zero-order valence-electron chi connectivity index (χ0n) is 14.5. The molecule has 0 unspecified atom stereocenters. The van der Waals surface area contributed by atoms with Gasteiger partial charge in [-0.3, -0.25) is 9.59 Å². The third-order valence-electron chi connectivity index (χ3n) is 5.11. The number of nitrogens with zero attached hydrogens (tertiary/aromatic N) is 1. The van der Waals surface area contributed by atoms with Crippen LogP contribution in [0.5, 0.6) is 0 Å². The molecule has 1 saturated carbocycles. The van der Waals surface area contributed by atoms with E-state index in [0.29, 0.717) is 35.7 Å². The fourth-order valence-corrected chi connectivity index (χ4v) is 3.61. The predicted molar refractivity (Wildman–Crippen MR) is 97.0 cm³/mol. The molecule has 2 amide bonds. The highest BCUT2D eigenvalue weighted by Gasteiger charge is 2.39. The van der Waals surface area contributed by atoms with Crippen LogP contribution in [0.15, 0.2) is 48.5 Å². The fraction of sp³-hybridized carbons (Fsp3) is 0.333. The third-order valence-corrected chi connectivity index (χ3v) is 5.11. The van der Waals surface area contributed by atoms with Gasteiger partial charge in [-0.05, 0) is 30.5 Å². The molecule has 2 fully saturated rings. The van der Waals surface area contributed by atoms with Crippen LogP contribution in [-0.2, 0) is 4.79 Å². The molecule has 1 atom stereocenters. The van der Waals surface area contributed by atoms with Crippen LogP contribution in [0, 0.1) is 11.7 Å². The van der Waals surface area contributed by atoms with E-state index in [0.717, 1.165) is 19.4 Å². The van der Waals surface area contributed by atoms with Crippen molar-refractivity contribution < 1.29 is 14.0 Å². The predicted octanol–water partition coefficient (Wildman–Crippen LogP) is 3.23. The molecular weight excluding hydrogens is 331 g/mol. The second-order valence-corrected chi connectivity index (χ2v) is 7.08. The third kappa shape index (κ3) is 3.34. The van der Waals surface area contributed by atoms with Crippen LogP contribution in [0.2, 0.25) is 0 Å². The van der Waals surface area contributed by atoms with Gasteiger partial charge in [-0.2, -0.15) is 0 Å². The largest absolute Gasteiger partial charge is 0.352 e. The van der Waals surface area contributed by atoms with Crippen LogP contribution in [-0.4, -0.2) is 35.8 Å². The van der Waals surface area contributed by atoms with Crippen molar-refractivity contribution in [3.05, 3.63) is 59.9 Å². The summed E-state index contributed by atoms with van der Waals surface area (Å²) < 4.78 is 14.1. The number of amides is 2. The number of halogens is 1. The maximum Gasteiger partial charge on any atom is 0.251 e. The first-order chi connectivity index (χ1) is 12.6. The van der Waals surface area contributed by atoms with Gasteiger partial charge in [0.25, 0.3) is 5.91 Å². The molecule has 0 radical (unpaired) electrons. The Morgan fingerprint density at radius 1 is 1.08 bits per heavy atom. The molecule has 2 aliphatic rings. The number of hydrogen-bond donors (Lipinski definition) is 1. The van der Waals surface area contributed by atoms with Crippen molar-refractivity contribution in [3.8, 4) is 11.1 Å². The average Bonchev–Trinajstić information content (AvgIpc) is 3.43. The van der Waals surface area contributed by atoms with Crippen LogP contribution in [0.3, 0.4) is 0 Å². The summed E-state index contributed by atoms with van der Waals surface area (Å²) in [7, 11) is 0. The minimum absolute atomic E-state index is 0.146. The van der Waals surface area contributed by atoms with Gasteiger partial charge in [0.2, 0.25) is 5.91 Å². The van der Waals surface area contributed by atoms with Crippen molar-refractivity contribution in [1.82, 2.24) is 10.2 Å². The molecule has 1 aliphatic heterocycles. The molecule has 2 aromatic carbocycles. The molecule has 1 saturated heterocycles.